The van der Waals surface area contributed by atoms with Crippen LogP contribution in [0.15, 0.2) is 24.3 Å². The van der Waals surface area contributed by atoms with E-state index in [4.69, 9.17) is 20.7 Å². The summed E-state index contributed by atoms with van der Waals surface area (Å²) >= 11 is 0. The molecule has 4 N–H and O–H groups in total. The molecule has 0 bridgehead atoms. The summed E-state index contributed by atoms with van der Waals surface area (Å²) < 4.78 is 44.1. The minimum atomic E-state index is -5.08. The first kappa shape index (κ1) is 16.3. The Bertz CT molecular complexity index is 378. The van der Waals surface area contributed by atoms with E-state index < -0.39 is 18.2 Å². The number of hydrogen-bond acceptors (Lipinski definition) is 3. The van der Waals surface area contributed by atoms with E-state index in [9.17, 15) is 17.6 Å². The van der Waals surface area contributed by atoms with Gasteiger partial charge in [0.25, 0.3) is 0 Å². The summed E-state index contributed by atoms with van der Waals surface area (Å²) in [5.41, 5.74) is 6.22. The monoisotopic (exact) mass is 269 g/mol. The van der Waals surface area contributed by atoms with Crippen molar-refractivity contribution in [2.75, 3.05) is 6.61 Å². The van der Waals surface area contributed by atoms with E-state index in [1.54, 1.807) is 12.1 Å². The summed E-state index contributed by atoms with van der Waals surface area (Å²) in [5, 5.41) is 15.8. The van der Waals surface area contributed by atoms with Gasteiger partial charge in [0.1, 0.15) is 5.82 Å². The lowest BCUT2D eigenvalue weighted by atomic mass is 10.1. The van der Waals surface area contributed by atoms with Crippen LogP contribution < -0.4 is 5.73 Å². The first-order valence-corrected chi connectivity index (χ1v) is 4.60. The molecule has 1 unspecified atom stereocenters. The lowest BCUT2D eigenvalue weighted by molar-refractivity contribution is -0.192. The molecule has 102 valence electrons. The molecule has 0 aromatic heterocycles. The molecule has 1 aromatic rings. The van der Waals surface area contributed by atoms with Crippen LogP contribution in [0.25, 0.3) is 0 Å². The number of carbonyl (C=O) groups is 1. The van der Waals surface area contributed by atoms with Gasteiger partial charge in [0.2, 0.25) is 0 Å². The first-order chi connectivity index (χ1) is 8.18. The van der Waals surface area contributed by atoms with Gasteiger partial charge in [0.15, 0.2) is 0 Å². The third-order valence-electron chi connectivity index (χ3n) is 1.74. The van der Waals surface area contributed by atoms with Crippen LogP contribution in [0.1, 0.15) is 11.6 Å². The number of benzene rings is 1. The van der Waals surface area contributed by atoms with Crippen LogP contribution >= 0.6 is 0 Å². The van der Waals surface area contributed by atoms with E-state index in [2.05, 4.69) is 0 Å². The van der Waals surface area contributed by atoms with Crippen molar-refractivity contribution in [3.8, 4) is 0 Å². The number of hydrogen-bond donors (Lipinski definition) is 3. The number of nitrogens with two attached hydrogens (primary N) is 1. The predicted octanol–water partition coefficient (Wildman–Crippen LogP) is 1.45. The molecule has 0 saturated heterocycles. The largest absolute Gasteiger partial charge is 0.490 e. The van der Waals surface area contributed by atoms with Gasteiger partial charge in [-0.2, -0.15) is 13.2 Å². The fraction of sp³-hybridized carbons (Fsp3) is 0.300. The minimum Gasteiger partial charge on any atom is -0.475 e. The second-order valence-electron chi connectivity index (χ2n) is 3.14. The topological polar surface area (TPSA) is 83.5 Å². The highest BCUT2D eigenvalue weighted by molar-refractivity contribution is 5.73. The molecule has 0 saturated carbocycles. The Balaban J connectivity index is 0.000000360. The Morgan fingerprint density at radius 3 is 1.94 bits per heavy atom. The third kappa shape index (κ3) is 6.16. The van der Waals surface area contributed by atoms with E-state index in [1.807, 2.05) is 0 Å². The van der Waals surface area contributed by atoms with Gasteiger partial charge in [-0.25, -0.2) is 9.18 Å². The molecular formula is C10H11F4NO3. The number of alkyl halides is 3. The maximum Gasteiger partial charge on any atom is 0.490 e. The van der Waals surface area contributed by atoms with Gasteiger partial charge in [-0.15, -0.1) is 0 Å². The van der Waals surface area contributed by atoms with Gasteiger partial charge in [0.05, 0.1) is 12.6 Å². The zero-order chi connectivity index (χ0) is 14.3. The van der Waals surface area contributed by atoms with Crippen molar-refractivity contribution in [1.82, 2.24) is 0 Å². The average Bonchev–Trinajstić information content (AvgIpc) is 2.28. The van der Waals surface area contributed by atoms with E-state index in [0.29, 0.717) is 0 Å². The number of rotatable bonds is 2. The average molecular weight is 269 g/mol. The molecule has 1 rings (SSSR count). The summed E-state index contributed by atoms with van der Waals surface area (Å²) in [6, 6.07) is 5.37. The van der Waals surface area contributed by atoms with Crippen LogP contribution in [-0.2, 0) is 4.79 Å². The quantitative estimate of drug-likeness (QED) is 0.709. The van der Waals surface area contributed by atoms with Crippen molar-refractivity contribution in [2.24, 2.45) is 5.73 Å². The highest BCUT2D eigenvalue weighted by atomic mass is 19.4. The third-order valence-corrected chi connectivity index (χ3v) is 1.74. The van der Waals surface area contributed by atoms with Crippen molar-refractivity contribution < 1.29 is 32.6 Å². The predicted molar refractivity (Wildman–Crippen MR) is 54.1 cm³/mol. The van der Waals surface area contributed by atoms with E-state index in [-0.39, 0.29) is 12.4 Å². The zero-order valence-electron chi connectivity index (χ0n) is 8.99. The van der Waals surface area contributed by atoms with Gasteiger partial charge in [0, 0.05) is 0 Å². The van der Waals surface area contributed by atoms with Crippen LogP contribution in [0.5, 0.6) is 0 Å². The van der Waals surface area contributed by atoms with E-state index in [1.165, 1.54) is 12.1 Å². The number of aliphatic hydroxyl groups is 1. The SMILES string of the molecule is NC(CO)c1ccc(F)cc1.O=C(O)C(F)(F)F. The van der Waals surface area contributed by atoms with Gasteiger partial charge in [-0.05, 0) is 17.7 Å². The van der Waals surface area contributed by atoms with E-state index in [0.717, 1.165) is 5.56 Å². The number of carboxylic acid groups (broad SMARTS) is 1. The van der Waals surface area contributed by atoms with Crippen molar-refractivity contribution >= 4 is 5.97 Å². The summed E-state index contributed by atoms with van der Waals surface area (Å²) in [7, 11) is 0. The summed E-state index contributed by atoms with van der Waals surface area (Å²) in [5.74, 6) is -3.05. The molecule has 0 amide bonds. The molecule has 0 aliphatic heterocycles. The second kappa shape index (κ2) is 6.92. The zero-order valence-corrected chi connectivity index (χ0v) is 8.99. The smallest absolute Gasteiger partial charge is 0.475 e. The molecule has 0 spiro atoms. The molecular weight excluding hydrogens is 258 g/mol. The number of carboxylic acids is 1. The summed E-state index contributed by atoms with van der Waals surface area (Å²) in [6.45, 7) is -0.119. The molecule has 0 aliphatic rings. The van der Waals surface area contributed by atoms with Crippen LogP contribution in [0.4, 0.5) is 17.6 Å². The van der Waals surface area contributed by atoms with Crippen LogP contribution in [0.3, 0.4) is 0 Å². The normalized spacial score (nSPS) is 12.3. The number of aliphatic carboxylic acids is 1. The molecule has 1 atom stereocenters. The van der Waals surface area contributed by atoms with E-state index >= 15 is 0 Å². The minimum absolute atomic E-state index is 0.119. The van der Waals surface area contributed by atoms with Gasteiger partial charge >= 0.3 is 12.1 Å². The number of aliphatic hydroxyl groups excluding tert-OH is 1. The molecule has 0 heterocycles. The Hall–Kier alpha value is -1.67. The Morgan fingerprint density at radius 2 is 1.67 bits per heavy atom. The highest BCUT2D eigenvalue weighted by Gasteiger charge is 2.38. The lowest BCUT2D eigenvalue weighted by Gasteiger charge is -2.06. The van der Waals surface area contributed by atoms with Crippen LogP contribution in [-0.4, -0.2) is 29.0 Å². The van der Waals surface area contributed by atoms with Gasteiger partial charge in [-0.3, -0.25) is 0 Å². The van der Waals surface area contributed by atoms with Gasteiger partial charge in [-0.1, -0.05) is 12.1 Å². The molecule has 8 heteroatoms. The maximum absolute atomic E-state index is 12.4. The standard InChI is InChI=1S/C8H10FNO.C2HF3O2/c9-7-3-1-6(2-4-7)8(10)5-11;3-2(4,5)1(6)7/h1-4,8,11H,5,10H2;(H,6,7). The first-order valence-electron chi connectivity index (χ1n) is 4.60. The molecule has 0 fully saturated rings. The molecule has 4 nitrogen and oxygen atoms in total. The maximum atomic E-state index is 12.4. The molecule has 0 aliphatic carbocycles. The molecule has 1 aromatic carbocycles. The fourth-order valence-electron chi connectivity index (χ4n) is 0.815. The Labute approximate surface area is 99.6 Å². The molecule has 0 radical (unpaired) electrons. The summed E-state index contributed by atoms with van der Waals surface area (Å²) in [6.07, 6.45) is -5.08. The Morgan fingerprint density at radius 1 is 1.28 bits per heavy atom. The van der Waals surface area contributed by atoms with Crippen LogP contribution in [0.2, 0.25) is 0 Å². The second-order valence-corrected chi connectivity index (χ2v) is 3.14. The van der Waals surface area contributed by atoms with Gasteiger partial charge < -0.3 is 15.9 Å². The highest BCUT2D eigenvalue weighted by Crippen LogP contribution is 2.13. The van der Waals surface area contributed by atoms with Crippen molar-refractivity contribution in [3.05, 3.63) is 35.6 Å². The van der Waals surface area contributed by atoms with Crippen molar-refractivity contribution in [1.29, 1.82) is 0 Å². The lowest BCUT2D eigenvalue weighted by Crippen LogP contribution is -2.21. The van der Waals surface area contributed by atoms with Crippen LogP contribution in [0, 0.1) is 5.82 Å². The summed E-state index contributed by atoms with van der Waals surface area (Å²) in [4.78, 5) is 8.90. The van der Waals surface area contributed by atoms with Crippen molar-refractivity contribution in [3.63, 3.8) is 0 Å². The Kier molecular flexibility index (Phi) is 6.28. The van der Waals surface area contributed by atoms with Crippen molar-refractivity contribution in [2.45, 2.75) is 12.2 Å². The molecule has 18 heavy (non-hydrogen) atoms. The number of halogens is 4. The fourth-order valence-corrected chi connectivity index (χ4v) is 0.815.